The number of ether oxygens (including phenoxy) is 1. The number of rotatable bonds is 5. The van der Waals surface area contributed by atoms with Crippen molar-refractivity contribution in [3.05, 3.63) is 35.1 Å². The summed E-state index contributed by atoms with van der Waals surface area (Å²) in [5.41, 5.74) is -0.0495. The number of hydrogen-bond donors (Lipinski definition) is 2. The van der Waals surface area contributed by atoms with Gasteiger partial charge in [0.1, 0.15) is 11.4 Å². The number of amides is 1. The summed E-state index contributed by atoms with van der Waals surface area (Å²) >= 11 is 0. The topological polar surface area (TPSA) is 82.3 Å². The van der Waals surface area contributed by atoms with Gasteiger partial charge in [0.05, 0.1) is 17.7 Å². The van der Waals surface area contributed by atoms with Crippen LogP contribution in [0.5, 0.6) is 0 Å². The maximum Gasteiger partial charge on any atom is 0.407 e. The molecule has 1 aromatic carbocycles. The summed E-state index contributed by atoms with van der Waals surface area (Å²) in [6, 6.07) is 5.64. The molecule has 0 aromatic heterocycles. The molecule has 6 heteroatoms. The predicted molar refractivity (Wildman–Crippen MR) is 84.1 cm³/mol. The summed E-state index contributed by atoms with van der Waals surface area (Å²) in [4.78, 5) is 11.6. The summed E-state index contributed by atoms with van der Waals surface area (Å²) in [6.07, 6.45) is -1.10. The molecule has 1 unspecified atom stereocenters. The van der Waals surface area contributed by atoms with E-state index in [0.29, 0.717) is 18.5 Å². The summed E-state index contributed by atoms with van der Waals surface area (Å²) in [6.45, 7) is 7.50. The quantitative estimate of drug-likeness (QED) is 0.871. The predicted octanol–water partition coefficient (Wildman–Crippen LogP) is 3.28. The van der Waals surface area contributed by atoms with Gasteiger partial charge in [0.15, 0.2) is 0 Å². The SMILES string of the molecule is C[C@@H](CNC(=O)OC(C)(C)C)CC(O)c1cc(F)cc(C#N)c1. The molecular formula is C17H23FN2O3. The molecule has 0 saturated heterocycles. The number of nitriles is 1. The molecule has 1 amide bonds. The van der Waals surface area contributed by atoms with Gasteiger partial charge in [-0.05, 0) is 56.9 Å². The molecule has 5 nitrogen and oxygen atoms in total. The van der Waals surface area contributed by atoms with Gasteiger partial charge in [0.25, 0.3) is 0 Å². The van der Waals surface area contributed by atoms with Gasteiger partial charge in [-0.25, -0.2) is 9.18 Å². The van der Waals surface area contributed by atoms with Gasteiger partial charge in [-0.2, -0.15) is 5.26 Å². The van der Waals surface area contributed by atoms with Crippen LogP contribution in [0.25, 0.3) is 0 Å². The van der Waals surface area contributed by atoms with E-state index in [0.717, 1.165) is 6.07 Å². The molecule has 0 bridgehead atoms. The molecule has 0 fully saturated rings. The zero-order valence-electron chi connectivity index (χ0n) is 13.9. The first-order valence-electron chi connectivity index (χ1n) is 7.46. The van der Waals surface area contributed by atoms with Crippen LogP contribution in [-0.2, 0) is 4.74 Å². The summed E-state index contributed by atoms with van der Waals surface area (Å²) in [7, 11) is 0. The lowest BCUT2D eigenvalue weighted by molar-refractivity contribution is 0.0512. The third-order valence-corrected chi connectivity index (χ3v) is 3.05. The minimum atomic E-state index is -0.909. The van der Waals surface area contributed by atoms with Crippen LogP contribution < -0.4 is 5.32 Å². The van der Waals surface area contributed by atoms with Crippen LogP contribution in [0.3, 0.4) is 0 Å². The van der Waals surface area contributed by atoms with Crippen molar-refractivity contribution in [3.63, 3.8) is 0 Å². The van der Waals surface area contributed by atoms with Gasteiger partial charge in [0.2, 0.25) is 0 Å². The number of benzene rings is 1. The molecule has 1 rings (SSSR count). The first-order valence-corrected chi connectivity index (χ1v) is 7.46. The number of carbonyl (C=O) groups is 1. The number of hydrogen-bond acceptors (Lipinski definition) is 4. The smallest absolute Gasteiger partial charge is 0.407 e. The van der Waals surface area contributed by atoms with Crippen molar-refractivity contribution in [2.24, 2.45) is 5.92 Å². The normalized spacial score (nSPS) is 13.8. The average molecular weight is 322 g/mol. The minimum absolute atomic E-state index is 0.0497. The molecule has 0 aliphatic carbocycles. The summed E-state index contributed by atoms with van der Waals surface area (Å²) < 4.78 is 18.5. The lowest BCUT2D eigenvalue weighted by Crippen LogP contribution is -2.35. The van der Waals surface area contributed by atoms with E-state index in [-0.39, 0.29) is 11.5 Å². The van der Waals surface area contributed by atoms with Crippen LogP contribution in [0.2, 0.25) is 0 Å². The highest BCUT2D eigenvalue weighted by molar-refractivity contribution is 5.67. The zero-order valence-corrected chi connectivity index (χ0v) is 13.9. The van der Waals surface area contributed by atoms with Gasteiger partial charge >= 0.3 is 6.09 Å². The van der Waals surface area contributed by atoms with Crippen LogP contribution >= 0.6 is 0 Å². The third kappa shape index (κ3) is 7.11. The van der Waals surface area contributed by atoms with Crippen LogP contribution in [0.4, 0.5) is 9.18 Å². The van der Waals surface area contributed by atoms with Crippen molar-refractivity contribution in [2.45, 2.75) is 45.8 Å². The second-order valence-electron chi connectivity index (χ2n) is 6.62. The monoisotopic (exact) mass is 322 g/mol. The summed E-state index contributed by atoms with van der Waals surface area (Å²) in [5, 5.41) is 21.6. The maximum atomic E-state index is 13.4. The van der Waals surface area contributed by atoms with Crippen molar-refractivity contribution < 1.29 is 19.0 Å². The van der Waals surface area contributed by atoms with Crippen molar-refractivity contribution in [1.29, 1.82) is 5.26 Å². The number of carbonyl (C=O) groups excluding carboxylic acids is 1. The van der Waals surface area contributed by atoms with Crippen LogP contribution in [-0.4, -0.2) is 23.3 Å². The highest BCUT2D eigenvalue weighted by atomic mass is 19.1. The Labute approximate surface area is 136 Å². The van der Waals surface area contributed by atoms with E-state index in [2.05, 4.69) is 5.32 Å². The number of nitrogens with one attached hydrogen (secondary N) is 1. The Bertz CT molecular complexity index is 590. The molecule has 1 aromatic rings. The van der Waals surface area contributed by atoms with Crippen LogP contribution in [0.1, 0.15) is 51.3 Å². The molecule has 2 atom stereocenters. The molecule has 126 valence electrons. The second-order valence-corrected chi connectivity index (χ2v) is 6.62. The van der Waals surface area contributed by atoms with Crippen molar-refractivity contribution in [2.75, 3.05) is 6.54 Å². The fraction of sp³-hybridized carbons (Fsp3) is 0.529. The molecule has 0 aliphatic rings. The second kappa shape index (κ2) is 7.93. The molecule has 0 spiro atoms. The minimum Gasteiger partial charge on any atom is -0.444 e. The largest absolute Gasteiger partial charge is 0.444 e. The molecule has 0 saturated carbocycles. The van der Waals surface area contributed by atoms with Gasteiger partial charge in [-0.15, -0.1) is 0 Å². The maximum absolute atomic E-state index is 13.4. The van der Waals surface area contributed by atoms with Crippen LogP contribution in [0.15, 0.2) is 18.2 Å². The Morgan fingerprint density at radius 1 is 1.43 bits per heavy atom. The van der Waals surface area contributed by atoms with Crippen LogP contribution in [0, 0.1) is 23.1 Å². The Morgan fingerprint density at radius 3 is 2.65 bits per heavy atom. The van der Waals surface area contributed by atoms with Gasteiger partial charge in [-0.1, -0.05) is 6.92 Å². The van der Waals surface area contributed by atoms with Crippen molar-refractivity contribution in [3.8, 4) is 6.07 Å². The average Bonchev–Trinajstić information content (AvgIpc) is 2.42. The highest BCUT2D eigenvalue weighted by Gasteiger charge is 2.18. The Kier molecular flexibility index (Phi) is 6.52. The van der Waals surface area contributed by atoms with E-state index in [1.54, 1.807) is 20.8 Å². The fourth-order valence-corrected chi connectivity index (χ4v) is 2.04. The van der Waals surface area contributed by atoms with Gasteiger partial charge < -0.3 is 15.2 Å². The molecule has 23 heavy (non-hydrogen) atoms. The molecule has 0 heterocycles. The number of aliphatic hydroxyl groups is 1. The van der Waals surface area contributed by atoms with Crippen molar-refractivity contribution in [1.82, 2.24) is 5.32 Å². The first kappa shape index (κ1) is 18.9. The van der Waals surface area contributed by atoms with E-state index < -0.39 is 23.6 Å². The number of halogens is 1. The number of aliphatic hydroxyl groups excluding tert-OH is 1. The summed E-state index contributed by atoms with van der Waals surface area (Å²) in [5.74, 6) is -0.607. The Balaban J connectivity index is 2.54. The Morgan fingerprint density at radius 2 is 2.09 bits per heavy atom. The lowest BCUT2D eigenvalue weighted by atomic mass is 9.97. The first-order chi connectivity index (χ1) is 10.6. The number of nitrogens with zero attached hydrogens (tertiary/aromatic N) is 1. The molecule has 0 radical (unpaired) electrons. The highest BCUT2D eigenvalue weighted by Crippen LogP contribution is 2.23. The van der Waals surface area contributed by atoms with E-state index in [4.69, 9.17) is 10.00 Å². The van der Waals surface area contributed by atoms with Crippen molar-refractivity contribution >= 4 is 6.09 Å². The van der Waals surface area contributed by atoms with Gasteiger partial charge in [-0.3, -0.25) is 0 Å². The third-order valence-electron chi connectivity index (χ3n) is 3.05. The zero-order chi connectivity index (χ0) is 17.6. The molecule has 0 aliphatic heterocycles. The van der Waals surface area contributed by atoms with Gasteiger partial charge in [0, 0.05) is 6.54 Å². The standard InChI is InChI=1S/C17H23FN2O3/c1-11(10-20-16(22)23-17(2,3)4)5-15(21)13-6-12(9-19)7-14(18)8-13/h6-8,11,15,21H,5,10H2,1-4H3,(H,20,22)/t11-,15?/m1/s1. The van der Waals surface area contributed by atoms with E-state index in [9.17, 15) is 14.3 Å². The Hall–Kier alpha value is -2.13. The van der Waals surface area contributed by atoms with E-state index in [1.807, 2.05) is 13.0 Å². The number of alkyl carbamates (subject to hydrolysis) is 1. The van der Waals surface area contributed by atoms with E-state index >= 15 is 0 Å². The molecular weight excluding hydrogens is 299 g/mol. The lowest BCUT2D eigenvalue weighted by Gasteiger charge is -2.21. The van der Waals surface area contributed by atoms with E-state index in [1.165, 1.54) is 12.1 Å². The molecule has 2 N–H and O–H groups in total. The fourth-order valence-electron chi connectivity index (χ4n) is 2.04.